The summed E-state index contributed by atoms with van der Waals surface area (Å²) in [5, 5.41) is 17.2. The smallest absolute Gasteiger partial charge is 0.207 e. The number of nitrogens with one attached hydrogen (secondary N) is 1. The molecule has 3 rings (SSSR count). The molecule has 7 nitrogen and oxygen atoms in total. The van der Waals surface area contributed by atoms with Crippen molar-refractivity contribution in [1.82, 2.24) is 5.16 Å². The number of hydrogen-bond acceptors (Lipinski definition) is 7. The average molecular weight is 431 g/mol. The quantitative estimate of drug-likeness (QED) is 0.644. The van der Waals surface area contributed by atoms with Crippen LogP contribution in [-0.4, -0.2) is 51.0 Å². The van der Waals surface area contributed by atoms with Crippen LogP contribution in [0.4, 0.5) is 14.6 Å². The van der Waals surface area contributed by atoms with Gasteiger partial charge in [-0.2, -0.15) is 4.39 Å². The first kappa shape index (κ1) is 22.1. The highest BCUT2D eigenvalue weighted by atomic mass is 28.4. The second kappa shape index (κ2) is 8.27. The molecule has 0 saturated carbocycles. The SMILES string of the molecule is CC(C)(C)[Si](C)(C)OC[C@@H](O)CNc1noc2c(F)c(F)c(C3OCCO3)cc12. The fourth-order valence-corrected chi connectivity index (χ4v) is 3.71. The number of rotatable bonds is 7. The molecule has 1 aromatic carbocycles. The predicted molar refractivity (Wildman–Crippen MR) is 106 cm³/mol. The zero-order chi connectivity index (χ0) is 21.4. The lowest BCUT2D eigenvalue weighted by molar-refractivity contribution is -0.0467. The summed E-state index contributed by atoms with van der Waals surface area (Å²) in [5.74, 6) is -2.04. The van der Waals surface area contributed by atoms with Gasteiger partial charge in [0.1, 0.15) is 0 Å². The molecule has 2 heterocycles. The van der Waals surface area contributed by atoms with Crippen molar-refractivity contribution in [2.75, 3.05) is 31.7 Å². The van der Waals surface area contributed by atoms with Crippen LogP contribution in [0, 0.1) is 11.6 Å². The summed E-state index contributed by atoms with van der Waals surface area (Å²) in [4.78, 5) is 0. The van der Waals surface area contributed by atoms with Gasteiger partial charge in [-0.3, -0.25) is 0 Å². The van der Waals surface area contributed by atoms with Gasteiger partial charge in [-0.05, 0) is 24.2 Å². The summed E-state index contributed by atoms with van der Waals surface area (Å²) >= 11 is 0. The van der Waals surface area contributed by atoms with Crippen LogP contribution in [0.5, 0.6) is 0 Å². The van der Waals surface area contributed by atoms with Gasteiger partial charge in [-0.25, -0.2) is 4.39 Å². The van der Waals surface area contributed by atoms with Crippen molar-refractivity contribution in [3.63, 3.8) is 0 Å². The maximum Gasteiger partial charge on any atom is 0.207 e. The number of halogens is 2. The van der Waals surface area contributed by atoms with Gasteiger partial charge >= 0.3 is 0 Å². The van der Waals surface area contributed by atoms with Gasteiger partial charge in [-0.1, -0.05) is 25.9 Å². The highest BCUT2D eigenvalue weighted by Crippen LogP contribution is 2.37. The molecular formula is C19H28F2N2O5Si. The minimum absolute atomic E-state index is 0.0326. The first-order valence-corrected chi connectivity index (χ1v) is 12.5. The molecule has 1 saturated heterocycles. The fraction of sp³-hybridized carbons (Fsp3) is 0.632. The van der Waals surface area contributed by atoms with Crippen molar-refractivity contribution in [1.29, 1.82) is 0 Å². The molecule has 1 aliphatic heterocycles. The van der Waals surface area contributed by atoms with Gasteiger partial charge < -0.3 is 28.8 Å². The van der Waals surface area contributed by atoms with Crippen LogP contribution >= 0.6 is 0 Å². The number of aliphatic hydroxyl groups excluding tert-OH is 1. The molecular weight excluding hydrogens is 402 g/mol. The molecule has 0 spiro atoms. The number of ether oxygens (including phenoxy) is 2. The Morgan fingerprint density at radius 3 is 2.55 bits per heavy atom. The second-order valence-electron chi connectivity index (χ2n) is 8.68. The van der Waals surface area contributed by atoms with E-state index in [1.165, 1.54) is 6.07 Å². The van der Waals surface area contributed by atoms with Gasteiger partial charge in [0.05, 0.1) is 31.3 Å². The molecule has 1 atom stereocenters. The zero-order valence-corrected chi connectivity index (χ0v) is 18.3. The van der Waals surface area contributed by atoms with Crippen LogP contribution in [0.2, 0.25) is 18.1 Å². The number of nitrogens with zero attached hydrogens (tertiary/aromatic N) is 1. The number of benzene rings is 1. The van der Waals surface area contributed by atoms with E-state index in [0.29, 0.717) is 13.2 Å². The van der Waals surface area contributed by atoms with E-state index in [4.69, 9.17) is 18.4 Å². The maximum atomic E-state index is 14.4. The van der Waals surface area contributed by atoms with Crippen LogP contribution in [0.1, 0.15) is 32.6 Å². The van der Waals surface area contributed by atoms with Crippen molar-refractivity contribution in [3.05, 3.63) is 23.3 Å². The van der Waals surface area contributed by atoms with Crippen LogP contribution in [-0.2, 0) is 13.9 Å². The molecule has 0 unspecified atom stereocenters. The summed E-state index contributed by atoms with van der Waals surface area (Å²) in [7, 11) is -1.98. The number of anilines is 1. The van der Waals surface area contributed by atoms with Crippen molar-refractivity contribution >= 4 is 25.1 Å². The Morgan fingerprint density at radius 1 is 1.28 bits per heavy atom. The Kier molecular flexibility index (Phi) is 6.30. The molecule has 29 heavy (non-hydrogen) atoms. The van der Waals surface area contributed by atoms with Crippen LogP contribution in [0.25, 0.3) is 11.0 Å². The first-order valence-electron chi connectivity index (χ1n) is 9.57. The number of aliphatic hydroxyl groups is 1. The van der Waals surface area contributed by atoms with Crippen LogP contribution < -0.4 is 5.32 Å². The minimum atomic E-state index is -1.98. The predicted octanol–water partition coefficient (Wildman–Crippen LogP) is 3.95. The Labute approximate surface area is 169 Å². The summed E-state index contributed by atoms with van der Waals surface area (Å²) in [5.41, 5.74) is -0.362. The molecule has 1 aliphatic rings. The monoisotopic (exact) mass is 430 g/mol. The molecule has 0 radical (unpaired) electrons. The molecule has 2 aromatic rings. The Balaban J connectivity index is 1.70. The van der Waals surface area contributed by atoms with E-state index in [-0.39, 0.29) is 40.5 Å². The van der Waals surface area contributed by atoms with Crippen molar-refractivity contribution in [2.24, 2.45) is 0 Å². The van der Waals surface area contributed by atoms with E-state index in [1.54, 1.807) is 0 Å². The molecule has 0 aliphatic carbocycles. The Bertz CT molecular complexity index is 862. The van der Waals surface area contributed by atoms with Gasteiger partial charge in [0, 0.05) is 12.1 Å². The van der Waals surface area contributed by atoms with Crippen LogP contribution in [0.15, 0.2) is 10.6 Å². The first-order chi connectivity index (χ1) is 13.5. The molecule has 162 valence electrons. The van der Waals surface area contributed by atoms with E-state index < -0.39 is 32.3 Å². The van der Waals surface area contributed by atoms with Crippen LogP contribution in [0.3, 0.4) is 0 Å². The van der Waals surface area contributed by atoms with E-state index in [0.717, 1.165) is 0 Å². The highest BCUT2D eigenvalue weighted by Gasteiger charge is 2.37. The van der Waals surface area contributed by atoms with Crippen molar-refractivity contribution in [2.45, 2.75) is 51.3 Å². The maximum absolute atomic E-state index is 14.4. The standard InChI is InChI=1S/C19H28F2N2O5Si/c1-19(2,3)29(4,5)27-10-11(24)9-22-17-13-8-12(18-25-6-7-26-18)14(20)15(21)16(13)28-23-17/h8,11,18,24H,6-7,9-10H2,1-5H3,(H,22,23)/t11-/m0/s1. The van der Waals surface area contributed by atoms with Crippen molar-refractivity contribution < 1.29 is 32.3 Å². The summed E-state index contributed by atoms with van der Waals surface area (Å²) in [6.45, 7) is 11.4. The molecule has 10 heteroatoms. The third kappa shape index (κ3) is 4.61. The Morgan fingerprint density at radius 2 is 1.93 bits per heavy atom. The van der Waals surface area contributed by atoms with E-state index in [1.807, 2.05) is 0 Å². The van der Waals surface area contributed by atoms with E-state index in [2.05, 4.69) is 44.3 Å². The van der Waals surface area contributed by atoms with Gasteiger partial charge in [0.25, 0.3) is 0 Å². The third-order valence-corrected chi connectivity index (χ3v) is 10.00. The lowest BCUT2D eigenvalue weighted by Gasteiger charge is -2.36. The average Bonchev–Trinajstić information content (AvgIpc) is 3.30. The lowest BCUT2D eigenvalue weighted by Crippen LogP contribution is -2.43. The van der Waals surface area contributed by atoms with Gasteiger partial charge in [-0.15, -0.1) is 0 Å². The molecule has 2 N–H and O–H groups in total. The molecule has 1 fully saturated rings. The largest absolute Gasteiger partial charge is 0.414 e. The lowest BCUT2D eigenvalue weighted by atomic mass is 10.1. The van der Waals surface area contributed by atoms with E-state index in [9.17, 15) is 13.9 Å². The van der Waals surface area contributed by atoms with E-state index >= 15 is 0 Å². The normalized spacial score (nSPS) is 17.2. The highest BCUT2D eigenvalue weighted by molar-refractivity contribution is 6.74. The summed E-state index contributed by atoms with van der Waals surface area (Å²) in [6, 6.07) is 1.39. The summed E-state index contributed by atoms with van der Waals surface area (Å²) < 4.78 is 50.2. The zero-order valence-electron chi connectivity index (χ0n) is 17.3. The molecule has 0 amide bonds. The second-order valence-corrected chi connectivity index (χ2v) is 13.5. The number of fused-ring (bicyclic) bond motifs is 1. The van der Waals surface area contributed by atoms with Gasteiger partial charge in [0.2, 0.25) is 11.4 Å². The topological polar surface area (TPSA) is 86.0 Å². The Hall–Kier alpha value is -1.59. The minimum Gasteiger partial charge on any atom is -0.414 e. The van der Waals surface area contributed by atoms with Gasteiger partial charge in [0.15, 0.2) is 26.2 Å². The third-order valence-electron chi connectivity index (χ3n) is 5.50. The summed E-state index contributed by atoms with van der Waals surface area (Å²) in [6.07, 6.45) is -1.78. The number of hydrogen-bond donors (Lipinski definition) is 2. The fourth-order valence-electron chi connectivity index (χ4n) is 2.67. The molecule has 1 aromatic heterocycles. The molecule has 0 bridgehead atoms. The van der Waals surface area contributed by atoms with Crippen molar-refractivity contribution in [3.8, 4) is 0 Å². The number of aromatic nitrogens is 1.